The lowest BCUT2D eigenvalue weighted by atomic mass is 10.2. The lowest BCUT2D eigenvalue weighted by Gasteiger charge is -1.95. The van der Waals surface area contributed by atoms with Crippen molar-refractivity contribution in [2.75, 3.05) is 6.61 Å². The molecule has 0 aliphatic heterocycles. The molecule has 0 fully saturated rings. The van der Waals surface area contributed by atoms with Crippen LogP contribution in [0.25, 0.3) is 0 Å². The minimum absolute atomic E-state index is 0.167. The highest BCUT2D eigenvalue weighted by molar-refractivity contribution is 9.11. The van der Waals surface area contributed by atoms with Gasteiger partial charge in [-0.3, -0.25) is 0 Å². The number of aromatic nitrogens is 1. The number of aliphatic hydroxyl groups is 1. The van der Waals surface area contributed by atoms with Crippen LogP contribution in [0.15, 0.2) is 3.79 Å². The Bertz CT molecular complexity index is 260. The fourth-order valence-corrected chi connectivity index (χ4v) is 2.48. The van der Waals surface area contributed by atoms with E-state index in [4.69, 9.17) is 5.11 Å². The number of hydrogen-bond donors (Lipinski definition) is 1. The van der Waals surface area contributed by atoms with Gasteiger partial charge in [-0.1, -0.05) is 13.8 Å². The molecule has 1 rings (SSSR count). The first kappa shape index (κ1) is 10.2. The topological polar surface area (TPSA) is 33.1 Å². The van der Waals surface area contributed by atoms with Crippen LogP contribution < -0.4 is 0 Å². The first-order chi connectivity index (χ1) is 5.65. The molecule has 0 unspecified atom stereocenters. The first-order valence-electron chi connectivity index (χ1n) is 3.91. The van der Waals surface area contributed by atoms with Crippen molar-refractivity contribution >= 4 is 27.3 Å². The van der Waals surface area contributed by atoms with E-state index >= 15 is 0 Å². The molecule has 0 radical (unpaired) electrons. The molecule has 2 nitrogen and oxygen atoms in total. The summed E-state index contributed by atoms with van der Waals surface area (Å²) >= 11 is 5.09. The number of nitrogens with zero attached hydrogens (tertiary/aromatic N) is 1. The van der Waals surface area contributed by atoms with E-state index in [0.29, 0.717) is 12.3 Å². The van der Waals surface area contributed by atoms with E-state index in [9.17, 15) is 0 Å². The molecule has 68 valence electrons. The predicted molar refractivity (Wildman–Crippen MR) is 54.7 cm³/mol. The molecule has 0 aliphatic rings. The van der Waals surface area contributed by atoms with Gasteiger partial charge in [0.15, 0.2) is 0 Å². The van der Waals surface area contributed by atoms with E-state index in [1.807, 2.05) is 0 Å². The Labute approximate surface area is 84.8 Å². The van der Waals surface area contributed by atoms with Crippen molar-refractivity contribution < 1.29 is 5.11 Å². The second-order valence-electron chi connectivity index (χ2n) is 2.90. The first-order valence-corrected chi connectivity index (χ1v) is 5.52. The molecule has 1 heterocycles. The normalized spacial score (nSPS) is 11.1. The van der Waals surface area contributed by atoms with Crippen LogP contribution in [0.3, 0.4) is 0 Å². The van der Waals surface area contributed by atoms with Crippen molar-refractivity contribution in [3.8, 4) is 0 Å². The van der Waals surface area contributed by atoms with Crippen LogP contribution in [0.5, 0.6) is 0 Å². The zero-order valence-electron chi connectivity index (χ0n) is 7.17. The Balaban J connectivity index is 2.85. The molecule has 0 amide bonds. The maximum atomic E-state index is 8.74. The highest BCUT2D eigenvalue weighted by Gasteiger charge is 2.10. The highest BCUT2D eigenvalue weighted by atomic mass is 79.9. The van der Waals surface area contributed by atoms with E-state index in [0.717, 1.165) is 14.5 Å². The summed E-state index contributed by atoms with van der Waals surface area (Å²) in [4.78, 5) is 4.41. The van der Waals surface area contributed by atoms with Crippen molar-refractivity contribution in [1.29, 1.82) is 0 Å². The van der Waals surface area contributed by atoms with Crippen LogP contribution >= 0.6 is 27.3 Å². The average molecular weight is 250 g/mol. The summed E-state index contributed by atoms with van der Waals surface area (Å²) in [6, 6.07) is 0. The third kappa shape index (κ3) is 2.28. The van der Waals surface area contributed by atoms with Crippen molar-refractivity contribution in [2.24, 2.45) is 0 Å². The van der Waals surface area contributed by atoms with Gasteiger partial charge in [0.2, 0.25) is 0 Å². The molecule has 0 saturated carbocycles. The second-order valence-corrected chi connectivity index (χ2v) is 5.25. The van der Waals surface area contributed by atoms with Gasteiger partial charge < -0.3 is 5.11 Å². The van der Waals surface area contributed by atoms with Crippen LogP contribution in [-0.4, -0.2) is 16.7 Å². The molecular formula is C8H12BrNOS. The van der Waals surface area contributed by atoms with Gasteiger partial charge in [0.1, 0.15) is 0 Å². The summed E-state index contributed by atoms with van der Waals surface area (Å²) in [5, 5.41) is 9.87. The molecule has 1 aromatic rings. The van der Waals surface area contributed by atoms with Crippen molar-refractivity contribution in [2.45, 2.75) is 26.2 Å². The second kappa shape index (κ2) is 4.35. The fraction of sp³-hybridized carbons (Fsp3) is 0.625. The van der Waals surface area contributed by atoms with Crippen LogP contribution in [0, 0.1) is 0 Å². The molecule has 0 aromatic carbocycles. The van der Waals surface area contributed by atoms with Crippen molar-refractivity contribution in [3.05, 3.63) is 14.5 Å². The van der Waals surface area contributed by atoms with Gasteiger partial charge in [0.05, 0.1) is 14.5 Å². The summed E-state index contributed by atoms with van der Waals surface area (Å²) in [5.74, 6) is 0.471. The molecule has 4 heteroatoms. The van der Waals surface area contributed by atoms with Crippen LogP contribution in [0.4, 0.5) is 0 Å². The van der Waals surface area contributed by atoms with E-state index in [1.54, 1.807) is 11.3 Å². The molecular weight excluding hydrogens is 238 g/mol. The van der Waals surface area contributed by atoms with E-state index in [2.05, 4.69) is 34.8 Å². The van der Waals surface area contributed by atoms with E-state index < -0.39 is 0 Å². The van der Waals surface area contributed by atoms with Gasteiger partial charge >= 0.3 is 0 Å². The third-order valence-corrected chi connectivity index (χ3v) is 3.64. The van der Waals surface area contributed by atoms with Gasteiger partial charge in [0, 0.05) is 18.9 Å². The van der Waals surface area contributed by atoms with Crippen molar-refractivity contribution in [3.63, 3.8) is 0 Å². The van der Waals surface area contributed by atoms with Gasteiger partial charge in [0.25, 0.3) is 0 Å². The molecule has 0 spiro atoms. The van der Waals surface area contributed by atoms with Crippen LogP contribution in [0.2, 0.25) is 0 Å². The lowest BCUT2D eigenvalue weighted by molar-refractivity contribution is 0.298. The SMILES string of the molecule is CC(C)c1nc(CCO)c(Br)s1. The highest BCUT2D eigenvalue weighted by Crippen LogP contribution is 2.29. The molecule has 1 aromatic heterocycles. The van der Waals surface area contributed by atoms with Crippen molar-refractivity contribution in [1.82, 2.24) is 4.98 Å². The van der Waals surface area contributed by atoms with E-state index in [-0.39, 0.29) is 6.61 Å². The smallest absolute Gasteiger partial charge is 0.0965 e. The number of hydrogen-bond acceptors (Lipinski definition) is 3. The van der Waals surface area contributed by atoms with Gasteiger partial charge in [-0.15, -0.1) is 11.3 Å². The Morgan fingerprint density at radius 3 is 2.67 bits per heavy atom. The zero-order chi connectivity index (χ0) is 9.14. The minimum Gasteiger partial charge on any atom is -0.396 e. The van der Waals surface area contributed by atoms with Gasteiger partial charge in [-0.25, -0.2) is 4.98 Å². The quantitative estimate of drug-likeness (QED) is 0.894. The summed E-state index contributed by atoms with van der Waals surface area (Å²) in [6.07, 6.45) is 0.643. The van der Waals surface area contributed by atoms with Gasteiger partial charge in [-0.05, 0) is 15.9 Å². The maximum Gasteiger partial charge on any atom is 0.0965 e. The predicted octanol–water partition coefficient (Wildman–Crippen LogP) is 2.56. The number of aliphatic hydroxyl groups excluding tert-OH is 1. The fourth-order valence-electron chi connectivity index (χ4n) is 0.858. The lowest BCUT2D eigenvalue weighted by Crippen LogP contribution is -1.93. The van der Waals surface area contributed by atoms with Crippen LogP contribution in [-0.2, 0) is 6.42 Å². The molecule has 0 saturated heterocycles. The summed E-state index contributed by atoms with van der Waals surface area (Å²) in [6.45, 7) is 4.40. The monoisotopic (exact) mass is 249 g/mol. The average Bonchev–Trinajstić information content (AvgIpc) is 2.34. The summed E-state index contributed by atoms with van der Waals surface area (Å²) < 4.78 is 1.06. The number of rotatable bonds is 3. The Hall–Kier alpha value is 0.0700. The molecule has 0 bridgehead atoms. The number of halogens is 1. The minimum atomic E-state index is 0.167. The van der Waals surface area contributed by atoms with Gasteiger partial charge in [-0.2, -0.15) is 0 Å². The molecule has 12 heavy (non-hydrogen) atoms. The molecule has 1 N–H and O–H groups in total. The largest absolute Gasteiger partial charge is 0.396 e. The molecule has 0 atom stereocenters. The van der Waals surface area contributed by atoms with E-state index in [1.165, 1.54) is 0 Å². The zero-order valence-corrected chi connectivity index (χ0v) is 9.57. The Kier molecular flexibility index (Phi) is 3.68. The van der Waals surface area contributed by atoms with Crippen LogP contribution in [0.1, 0.15) is 30.5 Å². The standard InChI is InChI=1S/C8H12BrNOS/c1-5(2)8-10-6(3-4-11)7(9)12-8/h5,11H,3-4H2,1-2H3. The number of thiazole rings is 1. The summed E-state index contributed by atoms with van der Waals surface area (Å²) in [7, 11) is 0. The summed E-state index contributed by atoms with van der Waals surface area (Å²) in [5.41, 5.74) is 0.978. The Morgan fingerprint density at radius 2 is 2.25 bits per heavy atom. The third-order valence-electron chi connectivity index (χ3n) is 1.51. The Morgan fingerprint density at radius 1 is 1.58 bits per heavy atom. The maximum absolute atomic E-state index is 8.74. The molecule has 0 aliphatic carbocycles.